The minimum absolute atomic E-state index is 0.326. The smallest absolute Gasteiger partial charge is 0.303 e. The Balaban J connectivity index is 1.71. The van der Waals surface area contributed by atoms with Gasteiger partial charge in [0.1, 0.15) is 0 Å². The molecule has 0 saturated heterocycles. The zero-order valence-electron chi connectivity index (χ0n) is 16.0. The fraction of sp³-hybridized carbons (Fsp3) is 0.773. The van der Waals surface area contributed by atoms with Crippen molar-refractivity contribution in [3.63, 3.8) is 0 Å². The summed E-state index contributed by atoms with van der Waals surface area (Å²) in [6.07, 6.45) is 25.4. The van der Waals surface area contributed by atoms with E-state index >= 15 is 0 Å². The summed E-state index contributed by atoms with van der Waals surface area (Å²) in [5.74, 6) is 0.560. The van der Waals surface area contributed by atoms with Gasteiger partial charge < -0.3 is 9.84 Å². The van der Waals surface area contributed by atoms with E-state index in [-0.39, 0.29) is 0 Å². The van der Waals surface area contributed by atoms with Crippen molar-refractivity contribution in [2.45, 2.75) is 103 Å². The molecule has 0 aromatic rings. The molecule has 0 spiro atoms. The van der Waals surface area contributed by atoms with Gasteiger partial charge in [-0.15, -0.1) is 0 Å². The Morgan fingerprint density at radius 2 is 1.44 bits per heavy atom. The zero-order valence-corrected chi connectivity index (χ0v) is 16.0. The Morgan fingerprint density at radius 3 is 2.00 bits per heavy atom. The maximum absolute atomic E-state index is 10.4. The van der Waals surface area contributed by atoms with Gasteiger partial charge in [-0.05, 0) is 44.6 Å². The SMILES string of the molecule is O=C(O)CCCCCCCC=CCCCCCCCCC1=CCCO1. The average Bonchev–Trinajstić information content (AvgIpc) is 3.11. The predicted octanol–water partition coefficient (Wildman–Crippen LogP) is 6.78. The van der Waals surface area contributed by atoms with Crippen molar-refractivity contribution in [2.24, 2.45) is 0 Å². The van der Waals surface area contributed by atoms with Gasteiger partial charge in [0.25, 0.3) is 0 Å². The molecule has 1 rings (SSSR count). The molecule has 1 aliphatic heterocycles. The Hall–Kier alpha value is -1.25. The molecule has 0 radical (unpaired) electrons. The molecule has 0 amide bonds. The van der Waals surface area contributed by atoms with Crippen LogP contribution in [0.3, 0.4) is 0 Å². The second kappa shape index (κ2) is 16.2. The lowest BCUT2D eigenvalue weighted by molar-refractivity contribution is -0.137. The molecule has 0 aliphatic carbocycles. The minimum atomic E-state index is -0.667. The molecule has 0 aromatic carbocycles. The third-order valence-corrected chi connectivity index (χ3v) is 4.75. The number of unbranched alkanes of at least 4 members (excludes halogenated alkanes) is 11. The Morgan fingerprint density at radius 1 is 0.880 bits per heavy atom. The number of ether oxygens (including phenoxy) is 1. The first kappa shape index (κ1) is 21.8. The standard InChI is InChI=1S/C22H38O3/c23-22(24)19-15-13-11-9-7-5-3-1-2-4-6-8-10-12-14-17-21-18-16-20-25-21/h1,3,18H,2,4-17,19-20H2,(H,23,24). The van der Waals surface area contributed by atoms with Crippen LogP contribution in [0.1, 0.15) is 103 Å². The van der Waals surface area contributed by atoms with Crippen LogP contribution in [0, 0.1) is 0 Å². The molecule has 25 heavy (non-hydrogen) atoms. The first-order chi connectivity index (χ1) is 12.3. The lowest BCUT2D eigenvalue weighted by Gasteiger charge is -2.03. The van der Waals surface area contributed by atoms with Crippen molar-refractivity contribution in [3.05, 3.63) is 24.0 Å². The molecule has 0 fully saturated rings. The molecule has 1 aliphatic rings. The number of hydrogen-bond donors (Lipinski definition) is 1. The molecule has 3 heteroatoms. The summed E-state index contributed by atoms with van der Waals surface area (Å²) in [5, 5.41) is 8.55. The summed E-state index contributed by atoms with van der Waals surface area (Å²) in [7, 11) is 0. The molecular formula is C22H38O3. The van der Waals surface area contributed by atoms with Gasteiger partial charge in [-0.1, -0.05) is 57.1 Å². The maximum Gasteiger partial charge on any atom is 0.303 e. The molecule has 0 aromatic heterocycles. The number of hydrogen-bond acceptors (Lipinski definition) is 2. The first-order valence-electron chi connectivity index (χ1n) is 10.5. The van der Waals surface area contributed by atoms with Crippen molar-refractivity contribution >= 4 is 5.97 Å². The van der Waals surface area contributed by atoms with Crippen LogP contribution >= 0.6 is 0 Å². The van der Waals surface area contributed by atoms with E-state index < -0.39 is 5.97 Å². The van der Waals surface area contributed by atoms with Crippen LogP contribution in [-0.4, -0.2) is 17.7 Å². The van der Waals surface area contributed by atoms with E-state index in [9.17, 15) is 4.79 Å². The van der Waals surface area contributed by atoms with Crippen LogP contribution in [0.25, 0.3) is 0 Å². The summed E-state index contributed by atoms with van der Waals surface area (Å²) in [5.41, 5.74) is 0. The fourth-order valence-electron chi connectivity index (χ4n) is 3.22. The van der Waals surface area contributed by atoms with Gasteiger partial charge in [0, 0.05) is 19.3 Å². The molecule has 0 saturated carbocycles. The Bertz CT molecular complexity index is 385. The molecule has 1 heterocycles. The number of rotatable bonds is 17. The zero-order chi connectivity index (χ0) is 18.0. The average molecular weight is 351 g/mol. The highest BCUT2D eigenvalue weighted by molar-refractivity contribution is 5.66. The predicted molar refractivity (Wildman–Crippen MR) is 105 cm³/mol. The quantitative estimate of drug-likeness (QED) is 0.232. The molecule has 144 valence electrons. The summed E-state index contributed by atoms with van der Waals surface area (Å²) in [4.78, 5) is 10.4. The second-order valence-electron chi connectivity index (χ2n) is 7.14. The van der Waals surface area contributed by atoms with Crippen LogP contribution in [0.4, 0.5) is 0 Å². The van der Waals surface area contributed by atoms with Crippen molar-refractivity contribution in [3.8, 4) is 0 Å². The molecular weight excluding hydrogens is 312 g/mol. The van der Waals surface area contributed by atoms with Gasteiger partial charge >= 0.3 is 5.97 Å². The second-order valence-corrected chi connectivity index (χ2v) is 7.14. The van der Waals surface area contributed by atoms with Crippen LogP contribution in [0.5, 0.6) is 0 Å². The van der Waals surface area contributed by atoms with Crippen LogP contribution in [-0.2, 0) is 9.53 Å². The number of allylic oxidation sites excluding steroid dienone is 3. The lowest BCUT2D eigenvalue weighted by atomic mass is 10.1. The summed E-state index contributed by atoms with van der Waals surface area (Å²) >= 11 is 0. The van der Waals surface area contributed by atoms with E-state index in [2.05, 4.69) is 18.2 Å². The first-order valence-corrected chi connectivity index (χ1v) is 10.5. The van der Waals surface area contributed by atoms with Crippen molar-refractivity contribution in [1.29, 1.82) is 0 Å². The number of carboxylic acids is 1. The molecule has 3 nitrogen and oxygen atoms in total. The van der Waals surface area contributed by atoms with Crippen LogP contribution in [0.15, 0.2) is 24.0 Å². The van der Waals surface area contributed by atoms with Gasteiger partial charge in [0.05, 0.1) is 12.4 Å². The van der Waals surface area contributed by atoms with Gasteiger partial charge in [0.15, 0.2) is 0 Å². The lowest BCUT2D eigenvalue weighted by Crippen LogP contribution is -1.93. The monoisotopic (exact) mass is 350 g/mol. The highest BCUT2D eigenvalue weighted by atomic mass is 16.5. The number of aliphatic carboxylic acids is 1. The highest BCUT2D eigenvalue weighted by Gasteiger charge is 2.03. The van der Waals surface area contributed by atoms with Gasteiger partial charge in [-0.25, -0.2) is 0 Å². The van der Waals surface area contributed by atoms with E-state index in [1.807, 2.05) is 0 Å². The Kier molecular flexibility index (Phi) is 14.1. The van der Waals surface area contributed by atoms with E-state index in [1.54, 1.807) is 0 Å². The minimum Gasteiger partial charge on any atom is -0.498 e. The van der Waals surface area contributed by atoms with Gasteiger partial charge in [-0.3, -0.25) is 4.79 Å². The topological polar surface area (TPSA) is 46.5 Å². The van der Waals surface area contributed by atoms with E-state index in [0.29, 0.717) is 6.42 Å². The highest BCUT2D eigenvalue weighted by Crippen LogP contribution is 2.17. The van der Waals surface area contributed by atoms with Crippen molar-refractivity contribution < 1.29 is 14.6 Å². The third-order valence-electron chi connectivity index (χ3n) is 4.75. The normalized spacial score (nSPS) is 14.0. The van der Waals surface area contributed by atoms with Crippen molar-refractivity contribution in [1.82, 2.24) is 0 Å². The summed E-state index contributed by atoms with van der Waals surface area (Å²) in [6.45, 7) is 0.898. The summed E-state index contributed by atoms with van der Waals surface area (Å²) in [6, 6.07) is 0. The van der Waals surface area contributed by atoms with Crippen molar-refractivity contribution in [2.75, 3.05) is 6.61 Å². The molecule has 0 unspecified atom stereocenters. The number of carboxylic acid groups (broad SMARTS) is 1. The molecule has 1 N–H and O–H groups in total. The number of carbonyl (C=O) groups is 1. The van der Waals surface area contributed by atoms with Gasteiger partial charge in [-0.2, -0.15) is 0 Å². The van der Waals surface area contributed by atoms with Gasteiger partial charge in [0.2, 0.25) is 0 Å². The fourth-order valence-corrected chi connectivity index (χ4v) is 3.22. The molecule has 0 bridgehead atoms. The van der Waals surface area contributed by atoms with E-state index in [1.165, 1.54) is 76.4 Å². The Labute approximate surface area is 154 Å². The molecule has 0 atom stereocenters. The van der Waals surface area contributed by atoms with E-state index in [0.717, 1.165) is 32.3 Å². The van der Waals surface area contributed by atoms with Crippen LogP contribution < -0.4 is 0 Å². The summed E-state index contributed by atoms with van der Waals surface area (Å²) < 4.78 is 5.52. The van der Waals surface area contributed by atoms with E-state index in [4.69, 9.17) is 9.84 Å². The third kappa shape index (κ3) is 14.8. The maximum atomic E-state index is 10.4. The van der Waals surface area contributed by atoms with Crippen LogP contribution in [0.2, 0.25) is 0 Å². The largest absolute Gasteiger partial charge is 0.498 e.